The number of hydrogen-bond donors (Lipinski definition) is 1. The average molecular weight is 439 g/mol. The van der Waals surface area contributed by atoms with Crippen molar-refractivity contribution in [3.63, 3.8) is 0 Å². The molecule has 9 heteroatoms. The molecule has 0 fully saturated rings. The first-order chi connectivity index (χ1) is 11.2. The van der Waals surface area contributed by atoms with E-state index in [1.54, 1.807) is 0 Å². The minimum atomic E-state index is -4.41. The minimum Gasteiger partial charge on any atom is -0.477 e. The normalized spacial score (nSPS) is 12.0. The van der Waals surface area contributed by atoms with E-state index in [-0.39, 0.29) is 12.2 Å². The molecule has 0 unspecified atom stereocenters. The Morgan fingerprint density at radius 1 is 1.29 bits per heavy atom. The van der Waals surface area contributed by atoms with Crippen LogP contribution in [0.15, 0.2) is 34.8 Å². The number of carboxylic acids is 1. The van der Waals surface area contributed by atoms with Crippen LogP contribution in [-0.4, -0.2) is 15.6 Å². The summed E-state index contributed by atoms with van der Waals surface area (Å²) in [6, 6.07) is 6.13. The first kappa shape index (κ1) is 17.3. The van der Waals surface area contributed by atoms with Crippen molar-refractivity contribution >= 4 is 55.1 Å². The predicted molar refractivity (Wildman–Crippen MR) is 90.0 cm³/mol. The Balaban J connectivity index is 2.05. The summed E-state index contributed by atoms with van der Waals surface area (Å²) in [7, 11) is 0. The van der Waals surface area contributed by atoms with Crippen LogP contribution in [0, 0.1) is 0 Å². The first-order valence-corrected chi connectivity index (χ1v) is 8.53. The highest BCUT2D eigenvalue weighted by atomic mass is 79.9. The lowest BCUT2D eigenvalue weighted by molar-refractivity contribution is -0.137. The van der Waals surface area contributed by atoms with Crippen LogP contribution in [0.5, 0.6) is 0 Å². The number of hydrogen-bond acceptors (Lipinski definition) is 2. The zero-order valence-electron chi connectivity index (χ0n) is 11.7. The van der Waals surface area contributed by atoms with Gasteiger partial charge in [-0.3, -0.25) is 0 Å². The highest BCUT2D eigenvalue weighted by Crippen LogP contribution is 2.41. The molecule has 0 radical (unpaired) electrons. The summed E-state index contributed by atoms with van der Waals surface area (Å²) < 4.78 is 41.2. The Labute approximate surface area is 151 Å². The van der Waals surface area contributed by atoms with Gasteiger partial charge in [-0.2, -0.15) is 13.2 Å². The SMILES string of the molecule is O=C(O)c1cc2sc(Cl)c(Br)c2n1Cc1ccc(C(F)(F)F)cc1. The summed E-state index contributed by atoms with van der Waals surface area (Å²) >= 11 is 10.6. The lowest BCUT2D eigenvalue weighted by atomic mass is 10.1. The molecule has 0 aliphatic carbocycles. The highest BCUT2D eigenvalue weighted by Gasteiger charge is 2.30. The Morgan fingerprint density at radius 3 is 2.46 bits per heavy atom. The molecule has 3 nitrogen and oxygen atoms in total. The van der Waals surface area contributed by atoms with E-state index in [9.17, 15) is 23.1 Å². The molecule has 3 aromatic rings. The van der Waals surface area contributed by atoms with Crippen molar-refractivity contribution in [1.82, 2.24) is 4.57 Å². The fraction of sp³-hybridized carbons (Fsp3) is 0.133. The molecule has 0 aliphatic rings. The van der Waals surface area contributed by atoms with Crippen LogP contribution in [0.2, 0.25) is 4.34 Å². The van der Waals surface area contributed by atoms with Crippen LogP contribution in [0.25, 0.3) is 10.2 Å². The van der Waals surface area contributed by atoms with Crippen LogP contribution < -0.4 is 0 Å². The van der Waals surface area contributed by atoms with Crippen molar-refractivity contribution in [2.24, 2.45) is 0 Å². The number of aromatic carboxylic acids is 1. The number of carbonyl (C=O) groups is 1. The van der Waals surface area contributed by atoms with Crippen LogP contribution in [0.4, 0.5) is 13.2 Å². The van der Waals surface area contributed by atoms with Gasteiger partial charge in [0.25, 0.3) is 0 Å². The summed E-state index contributed by atoms with van der Waals surface area (Å²) in [6.07, 6.45) is -4.41. The summed E-state index contributed by atoms with van der Waals surface area (Å²) in [6.45, 7) is 0.120. The number of nitrogens with zero attached hydrogens (tertiary/aromatic N) is 1. The number of halogens is 5. The van der Waals surface area contributed by atoms with Crippen molar-refractivity contribution in [3.05, 3.63) is 56.0 Å². The molecular weight excluding hydrogens is 431 g/mol. The van der Waals surface area contributed by atoms with Crippen molar-refractivity contribution in [2.45, 2.75) is 12.7 Å². The molecule has 0 spiro atoms. The fourth-order valence-corrected chi connectivity index (χ4v) is 4.39. The van der Waals surface area contributed by atoms with Gasteiger partial charge in [0.1, 0.15) is 10.0 Å². The summed E-state index contributed by atoms with van der Waals surface area (Å²) in [5.74, 6) is -1.12. The second kappa shape index (κ2) is 6.09. The number of alkyl halides is 3. The number of aromatic nitrogens is 1. The predicted octanol–water partition coefficient (Wildman–Crippen LogP) is 5.88. The smallest absolute Gasteiger partial charge is 0.416 e. The van der Waals surface area contributed by atoms with Crippen molar-refractivity contribution in [3.8, 4) is 0 Å². The zero-order chi connectivity index (χ0) is 17.6. The van der Waals surface area contributed by atoms with Gasteiger partial charge in [-0.25, -0.2) is 4.79 Å². The lowest BCUT2D eigenvalue weighted by Gasteiger charge is -2.11. The van der Waals surface area contributed by atoms with Crippen molar-refractivity contribution < 1.29 is 23.1 Å². The van der Waals surface area contributed by atoms with Gasteiger partial charge in [0.15, 0.2) is 0 Å². The van der Waals surface area contributed by atoms with E-state index in [0.29, 0.717) is 24.6 Å². The van der Waals surface area contributed by atoms with Gasteiger partial charge < -0.3 is 9.67 Å². The largest absolute Gasteiger partial charge is 0.477 e. The molecule has 0 bridgehead atoms. The molecular formula is C15H8BrClF3NO2S. The van der Waals surface area contributed by atoms with E-state index in [1.807, 2.05) is 0 Å². The Kier molecular flexibility index (Phi) is 4.39. The molecule has 1 N–H and O–H groups in total. The van der Waals surface area contributed by atoms with Gasteiger partial charge in [-0.15, -0.1) is 11.3 Å². The van der Waals surface area contributed by atoms with E-state index in [4.69, 9.17) is 11.6 Å². The number of rotatable bonds is 3. The topological polar surface area (TPSA) is 42.2 Å². The Morgan fingerprint density at radius 2 is 1.92 bits per heavy atom. The van der Waals surface area contributed by atoms with Crippen molar-refractivity contribution in [2.75, 3.05) is 0 Å². The van der Waals surface area contributed by atoms with Crippen molar-refractivity contribution in [1.29, 1.82) is 0 Å². The second-order valence-corrected chi connectivity index (χ2v) is 7.47. The number of fused-ring (bicyclic) bond motifs is 1. The van der Waals surface area contributed by atoms with Gasteiger partial charge in [-0.1, -0.05) is 23.7 Å². The Bertz CT molecular complexity index is 931. The molecule has 24 heavy (non-hydrogen) atoms. The third-order valence-electron chi connectivity index (χ3n) is 3.48. The van der Waals surface area contributed by atoms with E-state index in [1.165, 1.54) is 34.1 Å². The van der Waals surface area contributed by atoms with Gasteiger partial charge >= 0.3 is 12.1 Å². The Hall–Kier alpha value is -1.51. The number of thiophene rings is 1. The van der Waals surface area contributed by atoms with E-state index in [0.717, 1.165) is 12.1 Å². The van der Waals surface area contributed by atoms with Crippen LogP contribution in [-0.2, 0) is 12.7 Å². The minimum absolute atomic E-state index is 0.0496. The molecule has 2 heterocycles. The molecule has 0 aliphatic heterocycles. The number of benzene rings is 1. The summed E-state index contributed by atoms with van der Waals surface area (Å²) in [5.41, 5.74) is 0.468. The maximum Gasteiger partial charge on any atom is 0.416 e. The molecule has 3 rings (SSSR count). The first-order valence-electron chi connectivity index (χ1n) is 6.55. The third-order valence-corrected chi connectivity index (χ3v) is 6.08. The van der Waals surface area contributed by atoms with Gasteiger partial charge in [0, 0.05) is 6.54 Å². The van der Waals surface area contributed by atoms with E-state index >= 15 is 0 Å². The monoisotopic (exact) mass is 437 g/mol. The highest BCUT2D eigenvalue weighted by molar-refractivity contribution is 9.10. The average Bonchev–Trinajstić information content (AvgIpc) is 2.97. The van der Waals surface area contributed by atoms with E-state index < -0.39 is 17.7 Å². The molecule has 0 atom stereocenters. The standard InChI is InChI=1S/C15H8BrClF3NO2S/c16-11-12-10(24-13(11)17)5-9(14(22)23)21(12)6-7-1-3-8(4-2-7)15(18,19)20/h1-5H,6H2,(H,22,23). The third kappa shape index (κ3) is 3.05. The second-order valence-electron chi connectivity index (χ2n) is 5.02. The van der Waals surface area contributed by atoms with Crippen LogP contribution in [0.3, 0.4) is 0 Å². The van der Waals surface area contributed by atoms with Crippen LogP contribution >= 0.6 is 38.9 Å². The molecule has 2 aromatic heterocycles. The quantitative estimate of drug-likeness (QED) is 0.554. The maximum atomic E-state index is 12.6. The van der Waals surface area contributed by atoms with E-state index in [2.05, 4.69) is 15.9 Å². The van der Waals surface area contributed by atoms with Gasteiger partial charge in [0.05, 0.1) is 20.3 Å². The molecule has 0 amide bonds. The fourth-order valence-electron chi connectivity index (χ4n) is 2.39. The zero-order valence-corrected chi connectivity index (χ0v) is 14.9. The molecule has 1 aromatic carbocycles. The molecule has 126 valence electrons. The summed E-state index contributed by atoms with van der Waals surface area (Å²) in [4.78, 5) is 11.4. The van der Waals surface area contributed by atoms with Gasteiger partial charge in [-0.05, 0) is 39.7 Å². The van der Waals surface area contributed by atoms with Gasteiger partial charge in [0.2, 0.25) is 0 Å². The molecule has 0 saturated heterocycles. The molecule has 0 saturated carbocycles. The number of carboxylic acid groups (broad SMARTS) is 1. The van der Waals surface area contributed by atoms with Crippen LogP contribution in [0.1, 0.15) is 21.6 Å². The lowest BCUT2D eigenvalue weighted by Crippen LogP contribution is -2.10. The maximum absolute atomic E-state index is 12.6. The summed E-state index contributed by atoms with van der Waals surface area (Å²) in [5, 5.41) is 9.36.